The lowest BCUT2D eigenvalue weighted by molar-refractivity contribution is 0.187. The summed E-state index contributed by atoms with van der Waals surface area (Å²) in [6.07, 6.45) is 3.67. The number of aliphatic imine (C=N–C) groups is 1. The first kappa shape index (κ1) is 19.3. The average molecular weight is 421 g/mol. The van der Waals surface area contributed by atoms with Crippen molar-refractivity contribution in [1.82, 2.24) is 10.6 Å². The average Bonchev–Trinajstić information content (AvgIpc) is 3.07. The van der Waals surface area contributed by atoms with Gasteiger partial charge in [-0.2, -0.15) is 0 Å². The molecule has 5 nitrogen and oxygen atoms in total. The topological polar surface area (TPSA) is 58.8 Å². The first-order chi connectivity index (χ1) is 10.0. The fraction of sp³-hybridized carbons (Fsp3) is 0.688. The maximum atomic E-state index is 5.40. The lowest BCUT2D eigenvalue weighted by atomic mass is 10.1. The van der Waals surface area contributed by atoms with E-state index in [1.807, 2.05) is 12.1 Å². The fourth-order valence-electron chi connectivity index (χ4n) is 2.20. The monoisotopic (exact) mass is 421 g/mol. The smallest absolute Gasteiger partial charge is 0.191 e. The minimum absolute atomic E-state index is 0. The van der Waals surface area contributed by atoms with Gasteiger partial charge in [0.2, 0.25) is 0 Å². The Hall–Kier alpha value is -0.760. The van der Waals surface area contributed by atoms with Gasteiger partial charge in [0.05, 0.1) is 12.9 Å². The van der Waals surface area contributed by atoms with Gasteiger partial charge >= 0.3 is 0 Å². The largest absolute Gasteiger partial charge is 0.469 e. The molecule has 1 fully saturated rings. The van der Waals surface area contributed by atoms with Gasteiger partial charge in [0.25, 0.3) is 0 Å². The van der Waals surface area contributed by atoms with Crippen molar-refractivity contribution in [3.63, 3.8) is 0 Å². The Morgan fingerprint density at radius 3 is 2.82 bits per heavy atom. The van der Waals surface area contributed by atoms with E-state index in [4.69, 9.17) is 14.1 Å². The van der Waals surface area contributed by atoms with Crippen LogP contribution in [-0.4, -0.2) is 37.8 Å². The number of hydrogen-bond acceptors (Lipinski definition) is 3. The molecule has 1 unspecified atom stereocenters. The molecule has 2 heterocycles. The third kappa shape index (κ3) is 7.49. The number of halogens is 1. The summed E-state index contributed by atoms with van der Waals surface area (Å²) in [5, 5.41) is 6.80. The van der Waals surface area contributed by atoms with Crippen molar-refractivity contribution in [2.45, 2.75) is 39.2 Å². The molecule has 2 rings (SSSR count). The molecule has 0 bridgehead atoms. The van der Waals surface area contributed by atoms with Crippen molar-refractivity contribution < 1.29 is 9.15 Å². The minimum atomic E-state index is -0.0112. The molecular weight excluding hydrogens is 393 g/mol. The second kappa shape index (κ2) is 9.39. The summed E-state index contributed by atoms with van der Waals surface area (Å²) in [4.78, 5) is 4.69. The maximum absolute atomic E-state index is 5.40. The maximum Gasteiger partial charge on any atom is 0.191 e. The van der Waals surface area contributed by atoms with Gasteiger partial charge in [0.1, 0.15) is 5.76 Å². The second-order valence-corrected chi connectivity index (χ2v) is 6.55. The molecule has 1 saturated heterocycles. The Labute approximate surface area is 150 Å². The van der Waals surface area contributed by atoms with Crippen LogP contribution in [-0.2, 0) is 11.2 Å². The number of nitrogens with zero attached hydrogens (tertiary/aromatic N) is 1. The van der Waals surface area contributed by atoms with E-state index in [1.54, 1.807) is 6.26 Å². The lowest BCUT2D eigenvalue weighted by Gasteiger charge is -2.24. The molecule has 1 aromatic heterocycles. The summed E-state index contributed by atoms with van der Waals surface area (Å²) in [6.45, 7) is 9.72. The zero-order valence-electron chi connectivity index (χ0n) is 13.7. The number of ether oxygens (including phenoxy) is 1. The van der Waals surface area contributed by atoms with Crippen LogP contribution in [0.4, 0.5) is 0 Å². The molecule has 0 spiro atoms. The number of furan rings is 1. The van der Waals surface area contributed by atoms with E-state index in [2.05, 4.69) is 31.4 Å². The van der Waals surface area contributed by atoms with Gasteiger partial charge in [-0.05, 0) is 39.3 Å². The fourth-order valence-corrected chi connectivity index (χ4v) is 2.20. The van der Waals surface area contributed by atoms with Gasteiger partial charge in [0.15, 0.2) is 5.96 Å². The summed E-state index contributed by atoms with van der Waals surface area (Å²) < 4.78 is 10.7. The second-order valence-electron chi connectivity index (χ2n) is 6.55. The van der Waals surface area contributed by atoms with Gasteiger partial charge in [-0.3, -0.25) is 4.99 Å². The highest BCUT2D eigenvalue weighted by Gasteiger charge is 2.16. The number of rotatable bonds is 5. The van der Waals surface area contributed by atoms with Crippen molar-refractivity contribution in [1.29, 1.82) is 0 Å². The van der Waals surface area contributed by atoms with Gasteiger partial charge < -0.3 is 19.8 Å². The Kier molecular flexibility index (Phi) is 8.24. The summed E-state index contributed by atoms with van der Waals surface area (Å²) in [7, 11) is 0. The third-order valence-corrected chi connectivity index (χ3v) is 3.27. The molecular formula is C16H28IN3O2. The van der Waals surface area contributed by atoms with E-state index < -0.39 is 0 Å². The van der Waals surface area contributed by atoms with Crippen molar-refractivity contribution in [2.75, 3.05) is 26.3 Å². The van der Waals surface area contributed by atoms with Crippen LogP contribution in [0.5, 0.6) is 0 Å². The van der Waals surface area contributed by atoms with Crippen molar-refractivity contribution in [3.05, 3.63) is 24.2 Å². The molecule has 1 aliphatic rings. The predicted molar refractivity (Wildman–Crippen MR) is 99.9 cm³/mol. The van der Waals surface area contributed by atoms with Crippen molar-refractivity contribution in [3.8, 4) is 0 Å². The summed E-state index contributed by atoms with van der Waals surface area (Å²) in [5.41, 5.74) is -0.0112. The van der Waals surface area contributed by atoms with Crippen LogP contribution in [0.2, 0.25) is 0 Å². The Balaban J connectivity index is 0.00000242. The molecule has 22 heavy (non-hydrogen) atoms. The molecule has 0 aliphatic carbocycles. The van der Waals surface area contributed by atoms with Crippen LogP contribution >= 0.6 is 24.0 Å². The zero-order chi connectivity index (χ0) is 15.1. The molecule has 1 atom stereocenters. The van der Waals surface area contributed by atoms with E-state index in [0.29, 0.717) is 5.92 Å². The van der Waals surface area contributed by atoms with E-state index in [0.717, 1.165) is 50.9 Å². The highest BCUT2D eigenvalue weighted by atomic mass is 127. The Morgan fingerprint density at radius 1 is 1.41 bits per heavy atom. The summed E-state index contributed by atoms with van der Waals surface area (Å²) in [5.74, 6) is 2.40. The highest BCUT2D eigenvalue weighted by Crippen LogP contribution is 2.12. The number of nitrogens with one attached hydrogen (secondary N) is 2. The van der Waals surface area contributed by atoms with Crippen LogP contribution in [0, 0.1) is 5.92 Å². The first-order valence-corrected chi connectivity index (χ1v) is 7.69. The standard InChI is InChI=1S/C16H27N3O2.HI/c1-16(2,3)19-15(18-11-13-7-10-20-12-13)17-8-6-14-5-4-9-21-14;/h4-5,9,13H,6-8,10-12H2,1-3H3,(H2,17,18,19);1H. The molecule has 0 saturated carbocycles. The van der Waals surface area contributed by atoms with Crippen molar-refractivity contribution >= 4 is 29.9 Å². The van der Waals surface area contributed by atoms with E-state index in [-0.39, 0.29) is 29.5 Å². The first-order valence-electron chi connectivity index (χ1n) is 7.69. The predicted octanol–water partition coefficient (Wildman–Crippen LogP) is 2.81. The molecule has 126 valence electrons. The molecule has 6 heteroatoms. The molecule has 2 N–H and O–H groups in total. The number of hydrogen-bond donors (Lipinski definition) is 2. The van der Waals surface area contributed by atoms with Crippen LogP contribution in [0.1, 0.15) is 33.0 Å². The van der Waals surface area contributed by atoms with Gasteiger partial charge in [0, 0.05) is 37.6 Å². The molecule has 1 aliphatic heterocycles. The lowest BCUT2D eigenvalue weighted by Crippen LogP contribution is -2.48. The van der Waals surface area contributed by atoms with E-state index >= 15 is 0 Å². The normalized spacial score (nSPS) is 18.9. The van der Waals surface area contributed by atoms with Gasteiger partial charge in [-0.1, -0.05) is 0 Å². The minimum Gasteiger partial charge on any atom is -0.469 e. The molecule has 0 aromatic carbocycles. The zero-order valence-corrected chi connectivity index (χ0v) is 16.1. The number of guanidine groups is 1. The van der Waals surface area contributed by atoms with E-state index in [9.17, 15) is 0 Å². The van der Waals surface area contributed by atoms with E-state index in [1.165, 1.54) is 0 Å². The third-order valence-electron chi connectivity index (χ3n) is 3.27. The molecule has 1 aromatic rings. The van der Waals surface area contributed by atoms with Gasteiger partial charge in [-0.25, -0.2) is 0 Å². The van der Waals surface area contributed by atoms with Crippen LogP contribution in [0.15, 0.2) is 27.8 Å². The van der Waals surface area contributed by atoms with Crippen LogP contribution < -0.4 is 10.6 Å². The quantitative estimate of drug-likeness (QED) is 0.436. The van der Waals surface area contributed by atoms with Crippen LogP contribution in [0.3, 0.4) is 0 Å². The summed E-state index contributed by atoms with van der Waals surface area (Å²) in [6, 6.07) is 3.91. The van der Waals surface area contributed by atoms with Crippen LogP contribution in [0.25, 0.3) is 0 Å². The SMILES string of the molecule is CC(C)(C)NC(=NCC1CCOC1)NCCc1ccco1.I. The molecule has 0 amide bonds. The highest BCUT2D eigenvalue weighted by molar-refractivity contribution is 14.0. The van der Waals surface area contributed by atoms with Crippen molar-refractivity contribution in [2.24, 2.45) is 10.9 Å². The molecule has 0 radical (unpaired) electrons. The van der Waals surface area contributed by atoms with Gasteiger partial charge in [-0.15, -0.1) is 24.0 Å². The Bertz CT molecular complexity index is 435. The Morgan fingerprint density at radius 2 is 2.23 bits per heavy atom. The summed E-state index contributed by atoms with van der Waals surface area (Å²) >= 11 is 0.